The summed E-state index contributed by atoms with van der Waals surface area (Å²) in [6, 6.07) is 0. The first kappa shape index (κ1) is 16.4. The second kappa shape index (κ2) is 7.07. The van der Waals surface area contributed by atoms with Gasteiger partial charge >= 0.3 is 0 Å². The van der Waals surface area contributed by atoms with Crippen molar-refractivity contribution in [2.75, 3.05) is 46.3 Å². The van der Waals surface area contributed by atoms with Crippen molar-refractivity contribution in [3.8, 4) is 0 Å². The molecule has 1 aromatic rings. The zero-order valence-electron chi connectivity index (χ0n) is 14.3. The fourth-order valence-corrected chi connectivity index (χ4v) is 4.77. The van der Waals surface area contributed by atoms with Gasteiger partial charge in [0.15, 0.2) is 0 Å². The number of rotatable bonds is 4. The molecule has 1 amide bonds. The molecule has 0 aromatic carbocycles. The van der Waals surface area contributed by atoms with Crippen molar-refractivity contribution in [2.45, 2.75) is 31.6 Å². The number of ether oxygens (including phenoxy) is 1. The topological polar surface area (TPSA) is 48.9 Å². The number of hydrogen-bond acceptors (Lipinski definition) is 6. The quantitative estimate of drug-likeness (QED) is 0.807. The number of fused-ring (bicyclic) bond motifs is 1. The lowest BCUT2D eigenvalue weighted by Crippen LogP contribution is -2.47. The molecule has 24 heavy (non-hydrogen) atoms. The molecule has 3 aliphatic heterocycles. The van der Waals surface area contributed by atoms with E-state index in [0.717, 1.165) is 52.2 Å². The number of nitrogens with zero attached hydrogens (tertiary/aromatic N) is 4. The van der Waals surface area contributed by atoms with Gasteiger partial charge in [0.1, 0.15) is 5.01 Å². The molecule has 0 bridgehead atoms. The van der Waals surface area contributed by atoms with Crippen LogP contribution in [0.3, 0.4) is 0 Å². The van der Waals surface area contributed by atoms with Crippen LogP contribution in [0.1, 0.15) is 17.8 Å². The van der Waals surface area contributed by atoms with Gasteiger partial charge in [-0.2, -0.15) is 0 Å². The smallest absolute Gasteiger partial charge is 0.225 e. The van der Waals surface area contributed by atoms with E-state index in [2.05, 4.69) is 21.8 Å². The van der Waals surface area contributed by atoms with Gasteiger partial charge in [-0.1, -0.05) is 0 Å². The summed E-state index contributed by atoms with van der Waals surface area (Å²) in [7, 11) is 2.11. The Balaban J connectivity index is 1.23. The van der Waals surface area contributed by atoms with E-state index in [0.29, 0.717) is 18.4 Å². The van der Waals surface area contributed by atoms with Crippen LogP contribution in [-0.2, 0) is 16.1 Å². The van der Waals surface area contributed by atoms with Crippen LogP contribution in [-0.4, -0.2) is 84.1 Å². The van der Waals surface area contributed by atoms with Crippen LogP contribution < -0.4 is 0 Å². The van der Waals surface area contributed by atoms with E-state index in [9.17, 15) is 4.79 Å². The monoisotopic (exact) mass is 350 g/mol. The number of carbonyl (C=O) groups excluding carboxylic acids is 1. The molecule has 0 saturated carbocycles. The molecule has 3 aliphatic rings. The number of amides is 1. The Bertz CT molecular complexity index is 545. The van der Waals surface area contributed by atoms with E-state index in [1.165, 1.54) is 5.01 Å². The first-order valence-corrected chi connectivity index (χ1v) is 9.78. The van der Waals surface area contributed by atoms with Crippen LogP contribution in [0.25, 0.3) is 0 Å². The standard InChI is InChI=1S/C17H26N4O2S/c1-19-3-5-21(6-4-19)17(22)9-14-8-13-10-20(11-15(13)23-14)12-16-18-2-7-24-16/h2,7,13-15H,3-6,8-12H2,1H3/t13-,14+,15+/m1/s1. The number of thiazole rings is 1. The molecule has 4 heterocycles. The van der Waals surface area contributed by atoms with Gasteiger partial charge in [-0.15, -0.1) is 11.3 Å². The zero-order valence-corrected chi connectivity index (χ0v) is 15.1. The molecule has 6 nitrogen and oxygen atoms in total. The Morgan fingerprint density at radius 3 is 2.88 bits per heavy atom. The molecule has 3 fully saturated rings. The first-order chi connectivity index (χ1) is 11.7. The van der Waals surface area contributed by atoms with Gasteiger partial charge in [-0.3, -0.25) is 9.69 Å². The Kier molecular flexibility index (Phi) is 4.85. The van der Waals surface area contributed by atoms with E-state index < -0.39 is 0 Å². The minimum absolute atomic E-state index is 0.120. The Morgan fingerprint density at radius 2 is 2.17 bits per heavy atom. The van der Waals surface area contributed by atoms with Crippen molar-refractivity contribution in [2.24, 2.45) is 5.92 Å². The van der Waals surface area contributed by atoms with Crippen LogP contribution >= 0.6 is 11.3 Å². The predicted octanol–water partition coefficient (Wildman–Crippen LogP) is 0.897. The number of carbonyl (C=O) groups is 1. The third kappa shape index (κ3) is 3.64. The zero-order chi connectivity index (χ0) is 16.5. The highest BCUT2D eigenvalue weighted by Crippen LogP contribution is 2.35. The fraction of sp³-hybridized carbons (Fsp3) is 0.765. The van der Waals surface area contributed by atoms with Crippen molar-refractivity contribution in [1.82, 2.24) is 19.7 Å². The van der Waals surface area contributed by atoms with Crippen LogP contribution in [0.4, 0.5) is 0 Å². The van der Waals surface area contributed by atoms with Crippen molar-refractivity contribution < 1.29 is 9.53 Å². The second-order valence-electron chi connectivity index (χ2n) is 7.30. The molecule has 7 heteroatoms. The fourth-order valence-electron chi connectivity index (χ4n) is 4.11. The summed E-state index contributed by atoms with van der Waals surface area (Å²) in [5.41, 5.74) is 0. The summed E-state index contributed by atoms with van der Waals surface area (Å²) >= 11 is 1.72. The minimum atomic E-state index is 0.120. The summed E-state index contributed by atoms with van der Waals surface area (Å²) in [6.07, 6.45) is 3.87. The van der Waals surface area contributed by atoms with Gasteiger partial charge < -0.3 is 14.5 Å². The normalized spacial score (nSPS) is 31.5. The number of aromatic nitrogens is 1. The summed E-state index contributed by atoms with van der Waals surface area (Å²) < 4.78 is 6.20. The molecular weight excluding hydrogens is 324 g/mol. The lowest BCUT2D eigenvalue weighted by molar-refractivity contribution is -0.135. The van der Waals surface area contributed by atoms with Gasteiger partial charge in [0.2, 0.25) is 5.91 Å². The number of hydrogen-bond donors (Lipinski definition) is 0. The summed E-state index contributed by atoms with van der Waals surface area (Å²) in [5.74, 6) is 0.850. The molecular formula is C17H26N4O2S. The summed E-state index contributed by atoms with van der Waals surface area (Å²) in [4.78, 5) is 23.6. The van der Waals surface area contributed by atoms with Crippen molar-refractivity contribution in [3.05, 3.63) is 16.6 Å². The molecule has 0 spiro atoms. The van der Waals surface area contributed by atoms with Crippen molar-refractivity contribution >= 4 is 17.2 Å². The number of piperazine rings is 1. The highest BCUT2D eigenvalue weighted by atomic mass is 32.1. The van der Waals surface area contributed by atoms with Crippen LogP contribution in [0.15, 0.2) is 11.6 Å². The van der Waals surface area contributed by atoms with Crippen molar-refractivity contribution in [3.63, 3.8) is 0 Å². The molecule has 4 rings (SSSR count). The van der Waals surface area contributed by atoms with Crippen molar-refractivity contribution in [1.29, 1.82) is 0 Å². The molecule has 0 unspecified atom stereocenters. The number of likely N-dealkylation sites (N-methyl/N-ethyl adjacent to an activating group) is 1. The lowest BCUT2D eigenvalue weighted by Gasteiger charge is -2.33. The highest BCUT2D eigenvalue weighted by Gasteiger charge is 2.42. The average molecular weight is 350 g/mol. The molecule has 3 saturated heterocycles. The van der Waals surface area contributed by atoms with E-state index >= 15 is 0 Å². The molecule has 3 atom stereocenters. The molecule has 0 N–H and O–H groups in total. The van der Waals surface area contributed by atoms with Crippen LogP contribution in [0.2, 0.25) is 0 Å². The molecule has 0 aliphatic carbocycles. The third-order valence-electron chi connectivity index (χ3n) is 5.49. The lowest BCUT2D eigenvalue weighted by atomic mass is 10.0. The maximum atomic E-state index is 12.5. The average Bonchev–Trinajstić information content (AvgIpc) is 3.25. The Hall–Kier alpha value is -1.02. The Morgan fingerprint density at radius 1 is 1.33 bits per heavy atom. The van der Waals surface area contributed by atoms with Gasteiger partial charge in [-0.05, 0) is 13.5 Å². The predicted molar refractivity (Wildman–Crippen MR) is 92.9 cm³/mol. The van der Waals surface area contributed by atoms with E-state index in [1.54, 1.807) is 11.3 Å². The van der Waals surface area contributed by atoms with Gasteiger partial charge in [-0.25, -0.2) is 4.98 Å². The maximum absolute atomic E-state index is 12.5. The van der Waals surface area contributed by atoms with Gasteiger partial charge in [0.05, 0.1) is 25.2 Å². The van der Waals surface area contributed by atoms with Crippen LogP contribution in [0, 0.1) is 5.92 Å². The summed E-state index contributed by atoms with van der Waals surface area (Å²) in [5, 5.41) is 3.21. The van der Waals surface area contributed by atoms with E-state index in [4.69, 9.17) is 4.74 Å². The van der Waals surface area contributed by atoms with E-state index in [1.807, 2.05) is 16.5 Å². The molecule has 1 aromatic heterocycles. The highest BCUT2D eigenvalue weighted by molar-refractivity contribution is 7.09. The first-order valence-electron chi connectivity index (χ1n) is 8.90. The van der Waals surface area contributed by atoms with Crippen LogP contribution in [0.5, 0.6) is 0 Å². The number of likely N-dealkylation sites (tertiary alicyclic amines) is 1. The van der Waals surface area contributed by atoms with Gasteiger partial charge in [0, 0.05) is 56.8 Å². The molecule has 132 valence electrons. The van der Waals surface area contributed by atoms with Gasteiger partial charge in [0.25, 0.3) is 0 Å². The second-order valence-corrected chi connectivity index (χ2v) is 8.28. The summed E-state index contributed by atoms with van der Waals surface area (Å²) in [6.45, 7) is 6.65. The minimum Gasteiger partial charge on any atom is -0.373 e. The van der Waals surface area contributed by atoms with E-state index in [-0.39, 0.29) is 12.0 Å². The Labute approximate surface area is 147 Å². The maximum Gasteiger partial charge on any atom is 0.225 e. The third-order valence-corrected chi connectivity index (χ3v) is 6.25. The molecule has 0 radical (unpaired) electrons. The largest absolute Gasteiger partial charge is 0.373 e. The SMILES string of the molecule is CN1CCN(C(=O)C[C@@H]2C[C@@H]3CN(Cc4nccs4)C[C@@H]3O2)CC1.